The number of fused-ring (bicyclic) bond motifs is 1. The number of amides is 2. The van der Waals surface area contributed by atoms with Gasteiger partial charge in [-0.25, -0.2) is 4.98 Å². The number of piperidine rings is 1. The molecule has 2 aliphatic rings. The number of methoxy groups -OCH3 is 1. The van der Waals surface area contributed by atoms with Gasteiger partial charge in [0.1, 0.15) is 6.61 Å². The first-order valence-corrected chi connectivity index (χ1v) is 13.2. The topological polar surface area (TPSA) is 88.5 Å². The molecule has 2 aromatic rings. The Balaban J connectivity index is 1.82. The first-order valence-electron chi connectivity index (χ1n) is 12.8. The molecule has 1 aromatic heterocycles. The molecule has 8 nitrogen and oxygen atoms in total. The Labute approximate surface area is 223 Å². The van der Waals surface area contributed by atoms with Crippen LogP contribution in [0.25, 0.3) is 5.57 Å². The number of carbonyl (C=O) groups is 2. The number of carbonyl (C=O) groups excluding carboxylic acids is 2. The Morgan fingerprint density at radius 3 is 2.76 bits per heavy atom. The third-order valence-electron chi connectivity index (χ3n) is 7.46. The minimum atomic E-state index is -0.426. The number of nitrogens with one attached hydrogen (secondary N) is 2. The quantitative estimate of drug-likeness (QED) is 0.486. The number of imidazole rings is 1. The summed E-state index contributed by atoms with van der Waals surface area (Å²) in [5, 5.41) is 7.45. The van der Waals surface area contributed by atoms with Crippen molar-refractivity contribution in [2.45, 2.75) is 44.2 Å². The summed E-state index contributed by atoms with van der Waals surface area (Å²) in [5.74, 6) is 0.390. The lowest BCUT2D eigenvalue weighted by Gasteiger charge is -2.39. The van der Waals surface area contributed by atoms with E-state index in [4.69, 9.17) is 16.3 Å². The fourth-order valence-electron chi connectivity index (χ4n) is 5.72. The summed E-state index contributed by atoms with van der Waals surface area (Å²) in [5.41, 5.74) is 4.10. The molecule has 1 aliphatic carbocycles. The number of nitrogens with zero attached hydrogens (tertiary/aromatic N) is 3. The molecule has 2 amide bonds. The monoisotopic (exact) mass is 525 g/mol. The summed E-state index contributed by atoms with van der Waals surface area (Å²) >= 11 is 6.58. The summed E-state index contributed by atoms with van der Waals surface area (Å²) < 4.78 is 7.03. The molecule has 4 rings (SSSR count). The third kappa shape index (κ3) is 6.08. The van der Waals surface area contributed by atoms with Crippen molar-refractivity contribution < 1.29 is 14.3 Å². The molecule has 3 unspecified atom stereocenters. The lowest BCUT2D eigenvalue weighted by Crippen LogP contribution is -2.41. The molecule has 2 N–H and O–H groups in total. The van der Waals surface area contributed by atoms with Gasteiger partial charge >= 0.3 is 0 Å². The highest BCUT2D eigenvalue weighted by molar-refractivity contribution is 6.30. The summed E-state index contributed by atoms with van der Waals surface area (Å²) in [4.78, 5) is 30.3. The van der Waals surface area contributed by atoms with E-state index in [9.17, 15) is 9.59 Å². The predicted molar refractivity (Wildman–Crippen MR) is 145 cm³/mol. The largest absolute Gasteiger partial charge is 0.387 e. The van der Waals surface area contributed by atoms with E-state index < -0.39 is 6.04 Å². The molecule has 37 heavy (non-hydrogen) atoms. The smallest absolute Gasteiger partial charge is 0.246 e. The standard InChI is InChI=1S/C28H36ClN5O3/c1-4-11-31-24-8-7-22(28(32-26(36)16-37-3)25-15-30-17-33(25)2)23-14-20(29)5-6-21(23)27(24)19-9-12-34(18-35)13-10-19/h4-7,11,14-15,17-19,24,27-28,31H,8-10,12-13,16H2,1-3H3,(H,32,36)/b11-4-. The van der Waals surface area contributed by atoms with Crippen LogP contribution in [0.1, 0.15) is 55.0 Å². The molecular weight excluding hydrogens is 490 g/mol. The number of hydrogen-bond donors (Lipinski definition) is 2. The molecule has 1 aliphatic heterocycles. The van der Waals surface area contributed by atoms with Crippen molar-refractivity contribution in [2.75, 3.05) is 26.8 Å². The highest BCUT2D eigenvalue weighted by Crippen LogP contribution is 2.45. The fraction of sp³-hybridized carbons (Fsp3) is 0.464. The highest BCUT2D eigenvalue weighted by atomic mass is 35.5. The molecule has 3 atom stereocenters. The zero-order valence-electron chi connectivity index (χ0n) is 21.7. The van der Waals surface area contributed by atoms with Crippen molar-refractivity contribution in [3.63, 3.8) is 0 Å². The second-order valence-electron chi connectivity index (χ2n) is 9.77. The molecule has 0 bridgehead atoms. The lowest BCUT2D eigenvalue weighted by atomic mass is 9.74. The van der Waals surface area contributed by atoms with Crippen molar-refractivity contribution in [3.8, 4) is 0 Å². The maximum atomic E-state index is 12.8. The maximum absolute atomic E-state index is 12.8. The Morgan fingerprint density at radius 2 is 2.11 bits per heavy atom. The number of benzene rings is 1. The molecule has 9 heteroatoms. The SMILES string of the molecule is C/C=C\NC1CC=C(C(NC(=O)COC)c2cncn2C)c2cc(Cl)ccc2C1C1CCN(C=O)CC1. The van der Waals surface area contributed by atoms with E-state index in [0.29, 0.717) is 10.9 Å². The van der Waals surface area contributed by atoms with E-state index in [1.807, 2.05) is 47.8 Å². The van der Waals surface area contributed by atoms with E-state index in [1.165, 1.54) is 12.7 Å². The number of hydrogen-bond acceptors (Lipinski definition) is 5. The van der Waals surface area contributed by atoms with E-state index in [1.54, 1.807) is 12.5 Å². The summed E-state index contributed by atoms with van der Waals surface area (Å²) in [6.45, 7) is 3.48. The van der Waals surface area contributed by atoms with Crippen LogP contribution in [0.15, 0.2) is 49.1 Å². The average Bonchev–Trinajstić information content (AvgIpc) is 3.26. The zero-order chi connectivity index (χ0) is 26.4. The fourth-order valence-corrected chi connectivity index (χ4v) is 5.89. The number of halogens is 1. The van der Waals surface area contributed by atoms with E-state index in [0.717, 1.165) is 55.6 Å². The molecule has 1 aromatic carbocycles. The second-order valence-corrected chi connectivity index (χ2v) is 10.2. The maximum Gasteiger partial charge on any atom is 0.246 e. The Hall–Kier alpha value is -3.10. The van der Waals surface area contributed by atoms with Gasteiger partial charge in [-0.15, -0.1) is 0 Å². The van der Waals surface area contributed by atoms with Crippen LogP contribution in [0.3, 0.4) is 0 Å². The van der Waals surface area contributed by atoms with Crippen LogP contribution in [0.4, 0.5) is 0 Å². The molecule has 1 saturated heterocycles. The first kappa shape index (κ1) is 26.9. The van der Waals surface area contributed by atoms with Gasteiger partial charge in [0.25, 0.3) is 0 Å². The van der Waals surface area contributed by atoms with Gasteiger partial charge in [-0.1, -0.05) is 29.8 Å². The summed E-state index contributed by atoms with van der Waals surface area (Å²) in [7, 11) is 3.44. The van der Waals surface area contributed by atoms with Crippen LogP contribution in [0.2, 0.25) is 5.02 Å². The number of rotatable bonds is 9. The number of aryl methyl sites for hydroxylation is 1. The molecule has 0 radical (unpaired) electrons. The van der Waals surface area contributed by atoms with Gasteiger partial charge in [0.2, 0.25) is 12.3 Å². The molecule has 0 spiro atoms. The molecular formula is C28H36ClN5O3. The number of aromatic nitrogens is 2. The molecule has 1 fully saturated rings. The molecule has 198 valence electrons. The van der Waals surface area contributed by atoms with Gasteiger partial charge in [0, 0.05) is 44.2 Å². The average molecular weight is 526 g/mol. The minimum Gasteiger partial charge on any atom is -0.387 e. The number of likely N-dealkylation sites (tertiary alicyclic amines) is 1. The van der Waals surface area contributed by atoms with Gasteiger partial charge in [-0.3, -0.25) is 9.59 Å². The number of allylic oxidation sites excluding steroid dienone is 1. The van der Waals surface area contributed by atoms with Crippen LogP contribution in [-0.2, 0) is 21.4 Å². The van der Waals surface area contributed by atoms with Gasteiger partial charge in [0.05, 0.1) is 24.3 Å². The van der Waals surface area contributed by atoms with Crippen LogP contribution in [0, 0.1) is 5.92 Å². The van der Waals surface area contributed by atoms with Crippen molar-refractivity contribution in [2.24, 2.45) is 13.0 Å². The predicted octanol–water partition coefficient (Wildman–Crippen LogP) is 3.81. The van der Waals surface area contributed by atoms with Crippen molar-refractivity contribution >= 4 is 29.5 Å². The van der Waals surface area contributed by atoms with Crippen molar-refractivity contribution in [3.05, 3.63) is 70.9 Å². The van der Waals surface area contributed by atoms with Crippen molar-refractivity contribution in [1.82, 2.24) is 25.1 Å². The van der Waals surface area contributed by atoms with Crippen LogP contribution in [-0.4, -0.2) is 59.6 Å². The van der Waals surface area contributed by atoms with Crippen LogP contribution < -0.4 is 10.6 Å². The third-order valence-corrected chi connectivity index (χ3v) is 7.70. The Bertz CT molecular complexity index is 1150. The van der Waals surface area contributed by atoms with E-state index in [-0.39, 0.29) is 24.5 Å². The molecule has 2 heterocycles. The zero-order valence-corrected chi connectivity index (χ0v) is 22.4. The van der Waals surface area contributed by atoms with Gasteiger partial charge in [0.15, 0.2) is 0 Å². The van der Waals surface area contributed by atoms with Gasteiger partial charge < -0.3 is 24.8 Å². The van der Waals surface area contributed by atoms with Crippen LogP contribution in [0.5, 0.6) is 0 Å². The summed E-state index contributed by atoms with van der Waals surface area (Å²) in [6.07, 6.45) is 13.3. The lowest BCUT2D eigenvalue weighted by molar-refractivity contribution is -0.125. The van der Waals surface area contributed by atoms with Gasteiger partial charge in [-0.05, 0) is 67.1 Å². The minimum absolute atomic E-state index is 0.0343. The second kappa shape index (κ2) is 12.4. The van der Waals surface area contributed by atoms with E-state index >= 15 is 0 Å². The Kier molecular flexibility index (Phi) is 9.05. The van der Waals surface area contributed by atoms with E-state index in [2.05, 4.69) is 27.8 Å². The summed E-state index contributed by atoms with van der Waals surface area (Å²) in [6, 6.07) is 5.82. The molecule has 0 saturated carbocycles. The first-order chi connectivity index (χ1) is 18.0. The van der Waals surface area contributed by atoms with Crippen LogP contribution >= 0.6 is 11.6 Å². The highest BCUT2D eigenvalue weighted by Gasteiger charge is 2.37. The Morgan fingerprint density at radius 1 is 1.32 bits per heavy atom. The van der Waals surface area contributed by atoms with Crippen molar-refractivity contribution in [1.29, 1.82) is 0 Å². The van der Waals surface area contributed by atoms with Gasteiger partial charge in [-0.2, -0.15) is 0 Å². The number of ether oxygens (including phenoxy) is 1. The normalized spacial score (nSPS) is 21.2.